The zero-order valence-corrected chi connectivity index (χ0v) is 28.4. The second-order valence-electron chi connectivity index (χ2n) is 12.6. The van der Waals surface area contributed by atoms with Crippen LogP contribution in [0.15, 0.2) is 65.7 Å². The van der Waals surface area contributed by atoms with Crippen molar-refractivity contribution in [2.75, 3.05) is 6.54 Å². The van der Waals surface area contributed by atoms with Gasteiger partial charge in [0.15, 0.2) is 5.96 Å². The molecular weight excluding hydrogens is 612 g/mol. The molecular formula is C35H52N8O5. The molecule has 0 radical (unpaired) electrons. The van der Waals surface area contributed by atoms with Crippen molar-refractivity contribution in [3.8, 4) is 0 Å². The number of hydrogen-bond acceptors (Lipinski definition) is 7. The van der Waals surface area contributed by atoms with Gasteiger partial charge in [-0.15, -0.1) is 0 Å². The number of primary amides is 1. The predicted octanol–water partition coefficient (Wildman–Crippen LogP) is 1.64. The number of imide groups is 1. The van der Waals surface area contributed by atoms with Crippen molar-refractivity contribution in [2.45, 2.75) is 90.4 Å². The van der Waals surface area contributed by atoms with Crippen molar-refractivity contribution in [1.82, 2.24) is 15.5 Å². The molecule has 5 amide bonds. The Morgan fingerprint density at radius 3 is 1.94 bits per heavy atom. The Labute approximate surface area is 283 Å². The zero-order valence-electron chi connectivity index (χ0n) is 28.4. The number of guanidine groups is 1. The molecule has 2 rings (SSSR count). The number of aliphatic imine (C=N–C) groups is 1. The fourth-order valence-electron chi connectivity index (χ4n) is 5.15. The van der Waals surface area contributed by atoms with E-state index in [4.69, 9.17) is 22.9 Å². The van der Waals surface area contributed by atoms with E-state index in [9.17, 15) is 24.0 Å². The van der Waals surface area contributed by atoms with Gasteiger partial charge in [0.05, 0.1) is 6.04 Å². The average molecular weight is 665 g/mol. The lowest BCUT2D eigenvalue weighted by atomic mass is 9.96. The van der Waals surface area contributed by atoms with Gasteiger partial charge in [-0.1, -0.05) is 88.4 Å². The highest BCUT2D eigenvalue weighted by Crippen LogP contribution is 2.25. The number of nitrogens with zero attached hydrogens (tertiary/aromatic N) is 2. The molecule has 0 aromatic heterocycles. The number of benzene rings is 2. The number of carbonyl (C=O) groups excluding carboxylic acids is 5. The number of rotatable bonds is 19. The molecule has 0 spiro atoms. The standard InChI is InChI=1S/C35H52N8O5/c1-22(2)21-27(33(47)43(34(48)29(36)23(3)4)30(31(37)45)25-16-9-6-10-17-25)42-32(46)26(18-12-20-40-35(38)39)41-28(44)19-11-15-24-13-7-5-8-14-24/h5-10,13-14,16-17,22-23,26-27,29-30H,11-12,15,18-21,36H2,1-4H3,(H2,37,45)(H,41,44)(H,42,46)(H4,38,39,40)/t26-,27-,29-,30-/m0/s1. The summed E-state index contributed by atoms with van der Waals surface area (Å²) in [5, 5.41) is 5.55. The molecule has 2 aromatic carbocycles. The highest BCUT2D eigenvalue weighted by atomic mass is 16.2. The molecule has 0 aliphatic rings. The summed E-state index contributed by atoms with van der Waals surface area (Å²) in [5.74, 6) is -4.13. The summed E-state index contributed by atoms with van der Waals surface area (Å²) in [6.07, 6.45) is 2.07. The summed E-state index contributed by atoms with van der Waals surface area (Å²) in [6.45, 7) is 7.35. The van der Waals surface area contributed by atoms with Gasteiger partial charge in [0, 0.05) is 13.0 Å². The van der Waals surface area contributed by atoms with Gasteiger partial charge in [0.1, 0.15) is 18.1 Å². The van der Waals surface area contributed by atoms with E-state index in [1.54, 1.807) is 44.2 Å². The molecule has 0 heterocycles. The fraction of sp³-hybridized carbons (Fsp3) is 0.486. The van der Waals surface area contributed by atoms with Gasteiger partial charge < -0.3 is 33.6 Å². The third-order valence-corrected chi connectivity index (χ3v) is 7.75. The largest absolute Gasteiger partial charge is 0.370 e. The highest BCUT2D eigenvalue weighted by molar-refractivity contribution is 6.05. The lowest BCUT2D eigenvalue weighted by Gasteiger charge is -2.35. The minimum atomic E-state index is -1.47. The minimum absolute atomic E-state index is 0.102. The molecule has 13 nitrogen and oxygen atoms in total. The predicted molar refractivity (Wildman–Crippen MR) is 186 cm³/mol. The molecule has 262 valence electrons. The topological polar surface area (TPSA) is 229 Å². The average Bonchev–Trinajstić information content (AvgIpc) is 3.03. The van der Waals surface area contributed by atoms with Crippen LogP contribution in [0.5, 0.6) is 0 Å². The fourth-order valence-corrected chi connectivity index (χ4v) is 5.15. The van der Waals surface area contributed by atoms with Gasteiger partial charge in [-0.25, -0.2) is 0 Å². The number of carbonyl (C=O) groups is 5. The molecule has 10 N–H and O–H groups in total. The Bertz CT molecular complexity index is 1380. The van der Waals surface area contributed by atoms with Gasteiger partial charge in [-0.05, 0) is 55.1 Å². The van der Waals surface area contributed by atoms with E-state index in [-0.39, 0.29) is 49.5 Å². The third-order valence-electron chi connectivity index (χ3n) is 7.75. The Kier molecular flexibility index (Phi) is 16.2. The van der Waals surface area contributed by atoms with Gasteiger partial charge in [0.2, 0.25) is 23.6 Å². The normalized spacial score (nSPS) is 13.6. The van der Waals surface area contributed by atoms with E-state index in [2.05, 4.69) is 15.6 Å². The molecule has 0 aliphatic heterocycles. The first-order valence-electron chi connectivity index (χ1n) is 16.4. The summed E-state index contributed by atoms with van der Waals surface area (Å²) in [5.41, 5.74) is 24.3. The molecule has 0 bridgehead atoms. The number of amides is 5. The van der Waals surface area contributed by atoms with Crippen LogP contribution < -0.4 is 33.6 Å². The quantitative estimate of drug-likeness (QED) is 0.0733. The monoisotopic (exact) mass is 664 g/mol. The second kappa shape index (κ2) is 19.8. The maximum absolute atomic E-state index is 14.4. The molecule has 0 saturated carbocycles. The molecule has 0 aliphatic carbocycles. The van der Waals surface area contributed by atoms with E-state index in [1.165, 1.54) is 0 Å². The first kappa shape index (κ1) is 39.4. The highest BCUT2D eigenvalue weighted by Gasteiger charge is 2.41. The molecule has 0 fully saturated rings. The zero-order chi connectivity index (χ0) is 35.8. The molecule has 48 heavy (non-hydrogen) atoms. The molecule has 2 aromatic rings. The second-order valence-corrected chi connectivity index (χ2v) is 12.6. The van der Waals surface area contributed by atoms with Gasteiger partial charge >= 0.3 is 0 Å². The van der Waals surface area contributed by atoms with Crippen LogP contribution in [0.4, 0.5) is 0 Å². The maximum Gasteiger partial charge on any atom is 0.252 e. The van der Waals surface area contributed by atoms with Crippen LogP contribution in [0, 0.1) is 11.8 Å². The molecule has 4 atom stereocenters. The maximum atomic E-state index is 14.4. The van der Waals surface area contributed by atoms with E-state index in [1.807, 2.05) is 44.2 Å². The van der Waals surface area contributed by atoms with Crippen LogP contribution in [0.2, 0.25) is 0 Å². The Morgan fingerprint density at radius 2 is 1.40 bits per heavy atom. The van der Waals surface area contributed by atoms with Crippen molar-refractivity contribution in [2.24, 2.45) is 39.8 Å². The number of hydrogen-bond donors (Lipinski definition) is 6. The van der Waals surface area contributed by atoms with Crippen molar-refractivity contribution < 1.29 is 24.0 Å². The smallest absolute Gasteiger partial charge is 0.252 e. The van der Waals surface area contributed by atoms with Crippen molar-refractivity contribution >= 4 is 35.5 Å². The lowest BCUT2D eigenvalue weighted by Crippen LogP contribution is -2.60. The molecule has 0 saturated heterocycles. The number of nitrogens with two attached hydrogens (primary N) is 4. The van der Waals surface area contributed by atoms with Gasteiger partial charge in [-0.2, -0.15) is 0 Å². The van der Waals surface area contributed by atoms with E-state index in [0.717, 1.165) is 10.5 Å². The van der Waals surface area contributed by atoms with Crippen LogP contribution in [-0.4, -0.2) is 65.1 Å². The van der Waals surface area contributed by atoms with E-state index >= 15 is 0 Å². The van der Waals surface area contributed by atoms with E-state index < -0.39 is 47.8 Å². The molecule has 13 heteroatoms. The van der Waals surface area contributed by atoms with Crippen LogP contribution >= 0.6 is 0 Å². The third kappa shape index (κ3) is 12.8. The van der Waals surface area contributed by atoms with Crippen molar-refractivity contribution in [3.63, 3.8) is 0 Å². The number of nitrogens with one attached hydrogen (secondary N) is 2. The van der Waals surface area contributed by atoms with Crippen LogP contribution in [-0.2, 0) is 30.4 Å². The lowest BCUT2D eigenvalue weighted by molar-refractivity contribution is -0.155. The van der Waals surface area contributed by atoms with Gasteiger partial charge in [0.25, 0.3) is 5.91 Å². The van der Waals surface area contributed by atoms with Crippen LogP contribution in [0.3, 0.4) is 0 Å². The number of aryl methyl sites for hydroxylation is 1. The summed E-state index contributed by atoms with van der Waals surface area (Å²) < 4.78 is 0. The summed E-state index contributed by atoms with van der Waals surface area (Å²) in [4.78, 5) is 72.6. The first-order valence-corrected chi connectivity index (χ1v) is 16.4. The summed E-state index contributed by atoms with van der Waals surface area (Å²) in [6, 6.07) is 13.1. The van der Waals surface area contributed by atoms with Gasteiger partial charge in [-0.3, -0.25) is 33.9 Å². The Balaban J connectivity index is 2.39. The van der Waals surface area contributed by atoms with Crippen molar-refractivity contribution in [1.29, 1.82) is 0 Å². The minimum Gasteiger partial charge on any atom is -0.370 e. The van der Waals surface area contributed by atoms with Crippen LogP contribution in [0.25, 0.3) is 0 Å². The van der Waals surface area contributed by atoms with E-state index in [0.29, 0.717) is 24.8 Å². The Morgan fingerprint density at radius 1 is 0.792 bits per heavy atom. The Hall–Kier alpha value is -4.78. The molecule has 0 unspecified atom stereocenters. The summed E-state index contributed by atoms with van der Waals surface area (Å²) in [7, 11) is 0. The van der Waals surface area contributed by atoms with Crippen molar-refractivity contribution in [3.05, 3.63) is 71.8 Å². The first-order chi connectivity index (χ1) is 22.7. The van der Waals surface area contributed by atoms with Crippen LogP contribution in [0.1, 0.15) is 77.0 Å². The SMILES string of the molecule is CC(C)C[C@H](NC(=O)[C@H](CCCN=C(N)N)NC(=O)CCCc1ccccc1)C(=O)N(C(=O)[C@@H](N)C(C)C)[C@H](C(N)=O)c1ccccc1. The summed E-state index contributed by atoms with van der Waals surface area (Å²) >= 11 is 0.